The van der Waals surface area contributed by atoms with Crippen molar-refractivity contribution in [1.29, 1.82) is 0 Å². The van der Waals surface area contributed by atoms with Gasteiger partial charge < -0.3 is 8.85 Å². The van der Waals surface area contributed by atoms with Crippen LogP contribution >= 0.6 is 0 Å². The fourth-order valence-corrected chi connectivity index (χ4v) is 7.89. The van der Waals surface area contributed by atoms with Gasteiger partial charge in [0.25, 0.3) is 0 Å². The van der Waals surface area contributed by atoms with Gasteiger partial charge in [0.2, 0.25) is 0 Å². The van der Waals surface area contributed by atoms with Crippen molar-refractivity contribution in [3.8, 4) is 0 Å². The lowest BCUT2D eigenvalue weighted by atomic mass is 10.0. The second-order valence-corrected chi connectivity index (χ2v) is 15.6. The minimum Gasteiger partial charge on any atom is -0.394 e. The summed E-state index contributed by atoms with van der Waals surface area (Å²) in [6.07, 6.45) is 36.5. The molecular weight excluding hydrogens is 468 g/mol. The van der Waals surface area contributed by atoms with Gasteiger partial charge in [0.15, 0.2) is 0 Å². The van der Waals surface area contributed by atoms with E-state index in [-0.39, 0.29) is 0 Å². The minimum atomic E-state index is -1.95. The summed E-state index contributed by atoms with van der Waals surface area (Å²) in [4.78, 5) is 0. The lowest BCUT2D eigenvalue weighted by molar-refractivity contribution is 0.163. The standard InChI is InChI=1S/C34H72O2Si/c1-5-9-11-13-15-17-19-21-22-24-26-28-30-32-34-36-37(7-3,8-4)35-33-31-29-27-25-23-20-18-16-14-12-10-6-2/h5-34H2,1-4H3. The van der Waals surface area contributed by atoms with Gasteiger partial charge in [0, 0.05) is 13.2 Å². The maximum Gasteiger partial charge on any atom is 0.337 e. The molecule has 0 atom stereocenters. The molecule has 0 aliphatic heterocycles. The summed E-state index contributed by atoms with van der Waals surface area (Å²) in [5, 5.41) is 0. The summed E-state index contributed by atoms with van der Waals surface area (Å²) >= 11 is 0. The van der Waals surface area contributed by atoms with Gasteiger partial charge in [0.05, 0.1) is 0 Å². The van der Waals surface area contributed by atoms with Crippen LogP contribution in [0.25, 0.3) is 0 Å². The van der Waals surface area contributed by atoms with Gasteiger partial charge in [-0.3, -0.25) is 0 Å². The Morgan fingerprint density at radius 3 is 0.730 bits per heavy atom. The van der Waals surface area contributed by atoms with Crippen LogP contribution in [0, 0.1) is 0 Å². The van der Waals surface area contributed by atoms with E-state index in [1.807, 2.05) is 0 Å². The zero-order chi connectivity index (χ0) is 27.1. The summed E-state index contributed by atoms with van der Waals surface area (Å²) in [5.41, 5.74) is 0. The van der Waals surface area contributed by atoms with Crippen molar-refractivity contribution in [2.75, 3.05) is 13.2 Å². The summed E-state index contributed by atoms with van der Waals surface area (Å²) < 4.78 is 12.9. The second kappa shape index (κ2) is 30.7. The van der Waals surface area contributed by atoms with Crippen molar-refractivity contribution in [3.05, 3.63) is 0 Å². The average Bonchev–Trinajstić information content (AvgIpc) is 2.92. The molecule has 0 aromatic heterocycles. The van der Waals surface area contributed by atoms with Crippen molar-refractivity contribution < 1.29 is 8.85 Å². The highest BCUT2D eigenvalue weighted by molar-refractivity contribution is 6.67. The summed E-state index contributed by atoms with van der Waals surface area (Å²) in [5.74, 6) is 0. The predicted molar refractivity (Wildman–Crippen MR) is 170 cm³/mol. The maximum absolute atomic E-state index is 6.46. The summed E-state index contributed by atoms with van der Waals surface area (Å²) in [6.45, 7) is 11.0. The lowest BCUT2D eigenvalue weighted by Crippen LogP contribution is -2.41. The highest BCUT2D eigenvalue weighted by atomic mass is 28.4. The van der Waals surface area contributed by atoms with Crippen LogP contribution in [0.5, 0.6) is 0 Å². The normalized spacial score (nSPS) is 12.0. The average molecular weight is 541 g/mol. The molecule has 0 heterocycles. The molecule has 0 radical (unpaired) electrons. The molecule has 0 rings (SSSR count). The molecule has 3 heteroatoms. The minimum absolute atomic E-state index is 0.921. The molecule has 2 nitrogen and oxygen atoms in total. The van der Waals surface area contributed by atoms with E-state index in [1.165, 1.54) is 167 Å². The molecule has 224 valence electrons. The Morgan fingerprint density at radius 2 is 0.514 bits per heavy atom. The van der Waals surface area contributed by atoms with Crippen molar-refractivity contribution in [2.24, 2.45) is 0 Å². The highest BCUT2D eigenvalue weighted by Gasteiger charge is 2.33. The third-order valence-electron chi connectivity index (χ3n) is 8.30. The fourth-order valence-electron chi connectivity index (χ4n) is 5.46. The molecule has 0 bridgehead atoms. The van der Waals surface area contributed by atoms with Gasteiger partial charge in [0.1, 0.15) is 0 Å². The van der Waals surface area contributed by atoms with E-state index in [0.717, 1.165) is 25.3 Å². The molecule has 0 aliphatic rings. The molecule has 0 saturated heterocycles. The molecule has 0 amide bonds. The van der Waals surface area contributed by atoms with Gasteiger partial charge in [-0.1, -0.05) is 182 Å². The second-order valence-electron chi connectivity index (χ2n) is 11.8. The molecule has 0 aromatic rings. The Bertz CT molecular complexity index is 411. The van der Waals surface area contributed by atoms with E-state index in [0.29, 0.717) is 0 Å². The molecule has 0 spiro atoms. The van der Waals surface area contributed by atoms with Crippen LogP contribution in [-0.2, 0) is 8.85 Å². The topological polar surface area (TPSA) is 18.5 Å². The van der Waals surface area contributed by atoms with Crippen molar-refractivity contribution >= 4 is 8.56 Å². The van der Waals surface area contributed by atoms with Crippen molar-refractivity contribution in [2.45, 2.75) is 207 Å². The molecule has 0 unspecified atom stereocenters. The van der Waals surface area contributed by atoms with E-state index in [9.17, 15) is 0 Å². The fraction of sp³-hybridized carbons (Fsp3) is 1.00. The lowest BCUT2D eigenvalue weighted by Gasteiger charge is -2.29. The van der Waals surface area contributed by atoms with Gasteiger partial charge in [-0.2, -0.15) is 0 Å². The zero-order valence-corrected chi connectivity index (χ0v) is 27.5. The first-order valence-electron chi connectivity index (χ1n) is 17.5. The monoisotopic (exact) mass is 541 g/mol. The Hall–Kier alpha value is 0.137. The van der Waals surface area contributed by atoms with Crippen LogP contribution in [-0.4, -0.2) is 21.8 Å². The Labute approximate surface area is 237 Å². The Morgan fingerprint density at radius 1 is 0.297 bits per heavy atom. The SMILES string of the molecule is CCCCCCCCCCCCCCCCO[Si](CC)(CC)OCCCCCCCCCCCCCC. The Balaban J connectivity index is 3.54. The number of rotatable bonds is 32. The van der Waals surface area contributed by atoms with Gasteiger partial charge >= 0.3 is 8.56 Å². The molecule has 0 fully saturated rings. The van der Waals surface area contributed by atoms with E-state index in [1.54, 1.807) is 0 Å². The first-order valence-corrected chi connectivity index (χ1v) is 19.8. The Kier molecular flexibility index (Phi) is 30.8. The van der Waals surface area contributed by atoms with Crippen LogP contribution < -0.4 is 0 Å². The smallest absolute Gasteiger partial charge is 0.337 e. The highest BCUT2D eigenvalue weighted by Crippen LogP contribution is 2.21. The summed E-state index contributed by atoms with van der Waals surface area (Å²) in [7, 11) is -1.95. The van der Waals surface area contributed by atoms with Gasteiger partial charge in [-0.05, 0) is 24.9 Å². The molecule has 37 heavy (non-hydrogen) atoms. The van der Waals surface area contributed by atoms with E-state index >= 15 is 0 Å². The van der Waals surface area contributed by atoms with Crippen LogP contribution in [0.1, 0.15) is 195 Å². The van der Waals surface area contributed by atoms with Gasteiger partial charge in [-0.25, -0.2) is 0 Å². The number of unbranched alkanes of at least 4 members (excludes halogenated alkanes) is 24. The molecule has 0 N–H and O–H groups in total. The first kappa shape index (κ1) is 37.1. The van der Waals surface area contributed by atoms with Crippen LogP contribution in [0.3, 0.4) is 0 Å². The van der Waals surface area contributed by atoms with E-state index in [2.05, 4.69) is 27.7 Å². The molecule has 0 saturated carbocycles. The zero-order valence-electron chi connectivity index (χ0n) is 26.5. The quantitative estimate of drug-likeness (QED) is 0.0623. The molecular formula is C34H72O2Si. The molecule has 0 aromatic carbocycles. The maximum atomic E-state index is 6.46. The van der Waals surface area contributed by atoms with Gasteiger partial charge in [-0.15, -0.1) is 0 Å². The largest absolute Gasteiger partial charge is 0.394 e. The predicted octanol–water partition coefficient (Wildman–Crippen LogP) is 12.7. The van der Waals surface area contributed by atoms with Crippen molar-refractivity contribution in [1.82, 2.24) is 0 Å². The van der Waals surface area contributed by atoms with Crippen LogP contribution in [0.4, 0.5) is 0 Å². The van der Waals surface area contributed by atoms with E-state index in [4.69, 9.17) is 8.85 Å². The first-order chi connectivity index (χ1) is 18.2. The third-order valence-corrected chi connectivity index (χ3v) is 11.9. The van der Waals surface area contributed by atoms with Crippen LogP contribution in [0.2, 0.25) is 12.1 Å². The van der Waals surface area contributed by atoms with Crippen molar-refractivity contribution in [3.63, 3.8) is 0 Å². The molecule has 0 aliphatic carbocycles. The summed E-state index contributed by atoms with van der Waals surface area (Å²) in [6, 6.07) is 2.20. The number of hydrogen-bond acceptors (Lipinski definition) is 2. The number of hydrogen-bond donors (Lipinski definition) is 0. The third kappa shape index (κ3) is 26.1. The van der Waals surface area contributed by atoms with E-state index < -0.39 is 8.56 Å². The van der Waals surface area contributed by atoms with Crippen LogP contribution in [0.15, 0.2) is 0 Å².